The number of nitrogens with zero attached hydrogens (tertiary/aromatic N) is 1. The number of hydrogen-bond acceptors (Lipinski definition) is 4. The van der Waals surface area contributed by atoms with Crippen molar-refractivity contribution in [3.63, 3.8) is 0 Å². The van der Waals surface area contributed by atoms with Crippen molar-refractivity contribution in [1.29, 1.82) is 0 Å². The molecular weight excluding hydrogens is 340 g/mol. The number of benzene rings is 2. The molecule has 4 heteroatoms. The Morgan fingerprint density at radius 2 is 1.81 bits per heavy atom. The summed E-state index contributed by atoms with van der Waals surface area (Å²) in [4.78, 5) is 4.94. The third kappa shape index (κ3) is 4.70. The molecule has 1 atom stereocenters. The summed E-state index contributed by atoms with van der Waals surface area (Å²) in [6, 6.07) is 18.7. The SMILES string of the molecule is COc1ccc(NC(=CC2=NC(C(C)(C)C)CS2)c2ccccc2)cc1. The van der Waals surface area contributed by atoms with E-state index < -0.39 is 0 Å². The van der Waals surface area contributed by atoms with Gasteiger partial charge in [0.25, 0.3) is 0 Å². The van der Waals surface area contributed by atoms with Gasteiger partial charge in [0.1, 0.15) is 5.75 Å². The molecule has 1 aliphatic heterocycles. The van der Waals surface area contributed by atoms with E-state index in [0.29, 0.717) is 6.04 Å². The molecule has 136 valence electrons. The molecule has 3 nitrogen and oxygen atoms in total. The van der Waals surface area contributed by atoms with Crippen LogP contribution in [0.25, 0.3) is 5.70 Å². The fourth-order valence-electron chi connectivity index (χ4n) is 2.68. The molecule has 0 fully saturated rings. The van der Waals surface area contributed by atoms with E-state index in [9.17, 15) is 0 Å². The minimum absolute atomic E-state index is 0.193. The van der Waals surface area contributed by atoms with Crippen molar-refractivity contribution in [3.8, 4) is 5.75 Å². The Kier molecular flexibility index (Phi) is 5.72. The Bertz CT molecular complexity index is 789. The Morgan fingerprint density at radius 1 is 1.12 bits per heavy atom. The number of aliphatic imine (C=N–C) groups is 1. The molecule has 1 aliphatic rings. The minimum Gasteiger partial charge on any atom is -0.497 e. The van der Waals surface area contributed by atoms with Gasteiger partial charge < -0.3 is 10.1 Å². The zero-order chi connectivity index (χ0) is 18.6. The average Bonchev–Trinajstić information content (AvgIpc) is 3.12. The maximum absolute atomic E-state index is 5.25. The van der Waals surface area contributed by atoms with Crippen molar-refractivity contribution in [1.82, 2.24) is 0 Å². The Morgan fingerprint density at radius 3 is 2.38 bits per heavy atom. The number of nitrogens with one attached hydrogen (secondary N) is 1. The van der Waals surface area contributed by atoms with Crippen LogP contribution in [0.4, 0.5) is 5.69 Å². The zero-order valence-electron chi connectivity index (χ0n) is 15.8. The van der Waals surface area contributed by atoms with Crippen LogP contribution < -0.4 is 10.1 Å². The van der Waals surface area contributed by atoms with Crippen molar-refractivity contribution in [2.24, 2.45) is 10.4 Å². The van der Waals surface area contributed by atoms with Gasteiger partial charge in [-0.1, -0.05) is 51.1 Å². The number of anilines is 1. The molecule has 1 heterocycles. The number of methoxy groups -OCH3 is 1. The second-order valence-electron chi connectivity index (χ2n) is 7.44. The Labute approximate surface area is 160 Å². The molecule has 0 radical (unpaired) electrons. The molecule has 0 bridgehead atoms. The fraction of sp³-hybridized carbons (Fsp3) is 0.318. The quantitative estimate of drug-likeness (QED) is 0.736. The van der Waals surface area contributed by atoms with E-state index in [1.165, 1.54) is 0 Å². The second kappa shape index (κ2) is 8.00. The molecule has 26 heavy (non-hydrogen) atoms. The van der Waals surface area contributed by atoms with E-state index in [1.54, 1.807) is 7.11 Å². The van der Waals surface area contributed by atoms with Crippen molar-refractivity contribution >= 4 is 28.2 Å². The molecule has 0 saturated heterocycles. The first-order valence-corrected chi connectivity index (χ1v) is 9.83. The van der Waals surface area contributed by atoms with Crippen LogP contribution in [0.2, 0.25) is 0 Å². The van der Waals surface area contributed by atoms with Crippen LogP contribution in [0.1, 0.15) is 26.3 Å². The summed E-state index contributed by atoms with van der Waals surface area (Å²) in [6.07, 6.45) is 2.16. The van der Waals surface area contributed by atoms with Gasteiger partial charge in [-0.05, 0) is 41.3 Å². The highest BCUT2D eigenvalue weighted by Crippen LogP contribution is 2.33. The lowest BCUT2D eigenvalue weighted by Crippen LogP contribution is -2.24. The maximum atomic E-state index is 5.25. The third-order valence-corrected chi connectivity index (χ3v) is 5.39. The van der Waals surface area contributed by atoms with E-state index in [4.69, 9.17) is 9.73 Å². The van der Waals surface area contributed by atoms with Crippen LogP contribution in [-0.2, 0) is 0 Å². The van der Waals surface area contributed by atoms with Gasteiger partial charge in [0.15, 0.2) is 0 Å². The lowest BCUT2D eigenvalue weighted by molar-refractivity contribution is 0.349. The normalized spacial score (nSPS) is 17.8. The lowest BCUT2D eigenvalue weighted by Gasteiger charge is -2.23. The van der Waals surface area contributed by atoms with Gasteiger partial charge in [0.05, 0.1) is 18.2 Å². The first kappa shape index (κ1) is 18.6. The number of ether oxygens (including phenoxy) is 1. The van der Waals surface area contributed by atoms with Crippen molar-refractivity contribution in [3.05, 3.63) is 66.2 Å². The van der Waals surface area contributed by atoms with E-state index in [2.05, 4.69) is 56.4 Å². The molecule has 0 amide bonds. The van der Waals surface area contributed by atoms with Gasteiger partial charge in [-0.3, -0.25) is 4.99 Å². The summed E-state index contributed by atoms with van der Waals surface area (Å²) >= 11 is 1.83. The van der Waals surface area contributed by atoms with Crippen molar-refractivity contribution in [2.75, 3.05) is 18.2 Å². The molecule has 0 saturated carbocycles. The van der Waals surface area contributed by atoms with Gasteiger partial charge in [-0.2, -0.15) is 0 Å². The summed E-state index contributed by atoms with van der Waals surface area (Å²) in [5.74, 6) is 1.89. The summed E-state index contributed by atoms with van der Waals surface area (Å²) in [6.45, 7) is 6.76. The second-order valence-corrected chi connectivity index (χ2v) is 8.48. The molecule has 2 aromatic rings. The molecule has 2 aromatic carbocycles. The molecule has 0 spiro atoms. The maximum Gasteiger partial charge on any atom is 0.119 e. The van der Waals surface area contributed by atoms with Crippen molar-refractivity contribution in [2.45, 2.75) is 26.8 Å². The summed E-state index contributed by atoms with van der Waals surface area (Å²) in [5, 5.41) is 4.63. The van der Waals surface area contributed by atoms with E-state index in [1.807, 2.05) is 42.1 Å². The van der Waals surface area contributed by atoms with Gasteiger partial charge in [-0.25, -0.2) is 0 Å². The molecule has 1 unspecified atom stereocenters. The Hall–Kier alpha value is -2.20. The predicted molar refractivity (Wildman–Crippen MR) is 114 cm³/mol. The molecule has 3 rings (SSSR count). The molecular formula is C22H26N2OS. The largest absolute Gasteiger partial charge is 0.497 e. The number of hydrogen-bond donors (Lipinski definition) is 1. The predicted octanol–water partition coefficient (Wildman–Crippen LogP) is 5.71. The topological polar surface area (TPSA) is 33.6 Å². The highest BCUT2D eigenvalue weighted by atomic mass is 32.2. The number of thioether (sulfide) groups is 1. The molecule has 1 N–H and O–H groups in total. The van der Waals surface area contributed by atoms with Gasteiger partial charge in [0, 0.05) is 17.1 Å². The van der Waals surface area contributed by atoms with Crippen LogP contribution in [0.5, 0.6) is 5.75 Å². The highest BCUT2D eigenvalue weighted by Gasteiger charge is 2.28. The van der Waals surface area contributed by atoms with E-state index in [-0.39, 0.29) is 5.41 Å². The highest BCUT2D eigenvalue weighted by molar-refractivity contribution is 8.14. The summed E-state index contributed by atoms with van der Waals surface area (Å²) < 4.78 is 5.25. The van der Waals surface area contributed by atoms with Crippen molar-refractivity contribution < 1.29 is 4.74 Å². The van der Waals surface area contributed by atoms with Gasteiger partial charge in [-0.15, -0.1) is 11.8 Å². The van der Waals surface area contributed by atoms with Crippen LogP contribution in [0, 0.1) is 5.41 Å². The first-order valence-electron chi connectivity index (χ1n) is 8.84. The van der Waals surface area contributed by atoms with Crippen LogP contribution in [0.3, 0.4) is 0 Å². The van der Waals surface area contributed by atoms with E-state index in [0.717, 1.165) is 33.5 Å². The van der Waals surface area contributed by atoms with Gasteiger partial charge >= 0.3 is 0 Å². The van der Waals surface area contributed by atoms with Crippen LogP contribution in [0.15, 0.2) is 65.7 Å². The zero-order valence-corrected chi connectivity index (χ0v) is 16.6. The minimum atomic E-state index is 0.193. The fourth-order valence-corrected chi connectivity index (χ4v) is 3.98. The van der Waals surface area contributed by atoms with E-state index >= 15 is 0 Å². The first-order chi connectivity index (χ1) is 12.5. The average molecular weight is 367 g/mol. The van der Waals surface area contributed by atoms with Crippen LogP contribution in [-0.4, -0.2) is 23.9 Å². The molecule has 0 aliphatic carbocycles. The third-order valence-electron chi connectivity index (χ3n) is 4.39. The standard InChI is InChI=1S/C22H26N2OS/c1-22(2,3)20-15-26-21(24-20)14-19(16-8-6-5-7-9-16)23-17-10-12-18(25-4)13-11-17/h5-14,20,23H,15H2,1-4H3. The van der Waals surface area contributed by atoms with Crippen LogP contribution >= 0.6 is 11.8 Å². The monoisotopic (exact) mass is 366 g/mol. The molecule has 0 aromatic heterocycles. The smallest absolute Gasteiger partial charge is 0.119 e. The lowest BCUT2D eigenvalue weighted by atomic mass is 9.88. The summed E-state index contributed by atoms with van der Waals surface area (Å²) in [7, 11) is 1.68. The Balaban J connectivity index is 1.89. The summed E-state index contributed by atoms with van der Waals surface area (Å²) in [5.41, 5.74) is 3.41. The van der Waals surface area contributed by atoms with Gasteiger partial charge in [0.2, 0.25) is 0 Å². The number of rotatable bonds is 5.